The lowest BCUT2D eigenvalue weighted by molar-refractivity contribution is -0.149. The van der Waals surface area contributed by atoms with Crippen LogP contribution in [0.15, 0.2) is 54.6 Å². The third kappa shape index (κ3) is 5.89. The first-order chi connectivity index (χ1) is 15.6. The average molecular weight is 464 g/mol. The van der Waals surface area contributed by atoms with Crippen LogP contribution in [0.5, 0.6) is 0 Å². The predicted octanol–water partition coefficient (Wildman–Crippen LogP) is 2.37. The first-order valence-electron chi connectivity index (χ1n) is 10.3. The zero-order valence-electron chi connectivity index (χ0n) is 17.5. The van der Waals surface area contributed by atoms with E-state index in [9.17, 15) is 37.8 Å². The van der Waals surface area contributed by atoms with E-state index in [1.54, 1.807) is 30.3 Å². The zero-order valence-corrected chi connectivity index (χ0v) is 17.5. The summed E-state index contributed by atoms with van der Waals surface area (Å²) in [7, 11) is 0. The number of aliphatic carboxylic acids is 1. The smallest absolute Gasteiger partial charge is 0.416 e. The van der Waals surface area contributed by atoms with Gasteiger partial charge in [-0.1, -0.05) is 48.5 Å². The van der Waals surface area contributed by atoms with Crippen molar-refractivity contribution < 1.29 is 37.8 Å². The van der Waals surface area contributed by atoms with E-state index in [-0.39, 0.29) is 24.8 Å². The van der Waals surface area contributed by atoms with Gasteiger partial charge in [0, 0.05) is 13.0 Å². The first kappa shape index (κ1) is 24.2. The molecule has 0 bridgehead atoms. The van der Waals surface area contributed by atoms with Gasteiger partial charge in [-0.3, -0.25) is 9.59 Å². The molecule has 7 nitrogen and oxygen atoms in total. The van der Waals surface area contributed by atoms with Crippen LogP contribution in [0.2, 0.25) is 0 Å². The number of benzene rings is 2. The van der Waals surface area contributed by atoms with Gasteiger partial charge in [0.15, 0.2) is 6.10 Å². The number of carboxylic acids is 1. The monoisotopic (exact) mass is 464 g/mol. The number of carboxylic acid groups (broad SMARTS) is 1. The highest BCUT2D eigenvalue weighted by Crippen LogP contribution is 2.33. The molecule has 2 aromatic rings. The van der Waals surface area contributed by atoms with Crippen molar-refractivity contribution in [3.8, 4) is 0 Å². The molecule has 1 fully saturated rings. The number of hydrogen-bond donors (Lipinski definition) is 3. The minimum Gasteiger partial charge on any atom is -0.479 e. The van der Waals surface area contributed by atoms with Crippen molar-refractivity contribution in [2.24, 2.45) is 0 Å². The molecule has 176 valence electrons. The van der Waals surface area contributed by atoms with Crippen LogP contribution < -0.4 is 5.32 Å². The van der Waals surface area contributed by atoms with Gasteiger partial charge in [-0.2, -0.15) is 13.2 Å². The van der Waals surface area contributed by atoms with Gasteiger partial charge >= 0.3 is 12.1 Å². The van der Waals surface area contributed by atoms with E-state index in [2.05, 4.69) is 5.32 Å². The number of carbonyl (C=O) groups is 3. The van der Waals surface area contributed by atoms with Gasteiger partial charge in [0.05, 0.1) is 11.6 Å². The molecule has 0 radical (unpaired) electrons. The van der Waals surface area contributed by atoms with Crippen LogP contribution in [-0.4, -0.2) is 51.1 Å². The van der Waals surface area contributed by atoms with E-state index < -0.39 is 54.3 Å². The van der Waals surface area contributed by atoms with Gasteiger partial charge in [0.25, 0.3) is 0 Å². The van der Waals surface area contributed by atoms with E-state index in [1.165, 1.54) is 18.2 Å². The number of likely N-dealkylation sites (tertiary alicyclic amines) is 1. The molecule has 0 aromatic heterocycles. The number of hydrogen-bond acceptors (Lipinski definition) is 4. The standard InChI is InChI=1S/C23H23F3N2O5/c24-23(25,26)16-9-5-4-8-15(16)13-28-18(10-11-19(28)29)21(31)27-17(20(30)22(32)33)12-14-6-2-1-3-7-14/h1-9,17-18,20,30H,10-13H2,(H,27,31)(H,32,33). The number of carbonyl (C=O) groups excluding carboxylic acids is 2. The Morgan fingerprint density at radius 2 is 1.73 bits per heavy atom. The van der Waals surface area contributed by atoms with Crippen LogP contribution in [0, 0.1) is 0 Å². The van der Waals surface area contributed by atoms with Crippen molar-refractivity contribution in [1.29, 1.82) is 0 Å². The molecular weight excluding hydrogens is 441 g/mol. The summed E-state index contributed by atoms with van der Waals surface area (Å²) in [6, 6.07) is 11.1. The number of halogens is 3. The second-order valence-electron chi connectivity index (χ2n) is 7.82. The summed E-state index contributed by atoms with van der Waals surface area (Å²) >= 11 is 0. The molecule has 0 aliphatic carbocycles. The maximum atomic E-state index is 13.4. The van der Waals surface area contributed by atoms with Crippen molar-refractivity contribution in [2.45, 2.75) is 50.2 Å². The van der Waals surface area contributed by atoms with E-state index in [0.717, 1.165) is 11.0 Å². The number of aliphatic hydroxyl groups is 1. The SMILES string of the molecule is O=C(O)C(O)C(Cc1ccccc1)NC(=O)C1CCC(=O)N1Cc1ccccc1C(F)(F)F. The minimum absolute atomic E-state index is 0.0115. The highest BCUT2D eigenvalue weighted by molar-refractivity contribution is 5.91. The van der Waals surface area contributed by atoms with Crippen LogP contribution in [0.4, 0.5) is 13.2 Å². The molecule has 1 heterocycles. The highest BCUT2D eigenvalue weighted by Gasteiger charge is 2.40. The summed E-state index contributed by atoms with van der Waals surface area (Å²) < 4.78 is 40.1. The number of nitrogens with one attached hydrogen (secondary N) is 1. The van der Waals surface area contributed by atoms with Crippen molar-refractivity contribution in [1.82, 2.24) is 10.2 Å². The molecule has 0 saturated carbocycles. The molecule has 1 aliphatic rings. The number of nitrogens with zero attached hydrogens (tertiary/aromatic N) is 1. The van der Waals surface area contributed by atoms with Gasteiger partial charge in [-0.25, -0.2) is 4.79 Å². The maximum absolute atomic E-state index is 13.4. The molecule has 3 N–H and O–H groups in total. The topological polar surface area (TPSA) is 107 Å². The van der Waals surface area contributed by atoms with Crippen molar-refractivity contribution in [3.05, 3.63) is 71.3 Å². The molecule has 2 aromatic carbocycles. The fourth-order valence-corrected chi connectivity index (χ4v) is 3.88. The Morgan fingerprint density at radius 1 is 1.09 bits per heavy atom. The Hall–Kier alpha value is -3.40. The van der Waals surface area contributed by atoms with Gasteiger partial charge in [-0.15, -0.1) is 0 Å². The second kappa shape index (κ2) is 10.0. The summed E-state index contributed by atoms with van der Waals surface area (Å²) in [4.78, 5) is 37.8. The van der Waals surface area contributed by atoms with E-state index in [0.29, 0.717) is 5.56 Å². The molecule has 3 rings (SSSR count). The van der Waals surface area contributed by atoms with Gasteiger partial charge in [-0.05, 0) is 30.0 Å². The molecule has 1 saturated heterocycles. The molecular formula is C23H23F3N2O5. The zero-order chi connectivity index (χ0) is 24.2. The maximum Gasteiger partial charge on any atom is 0.416 e. The number of aliphatic hydroxyl groups excluding tert-OH is 1. The van der Waals surface area contributed by atoms with Crippen LogP contribution >= 0.6 is 0 Å². The Labute approximate surface area is 187 Å². The highest BCUT2D eigenvalue weighted by atomic mass is 19.4. The van der Waals surface area contributed by atoms with Crippen molar-refractivity contribution in [2.75, 3.05) is 0 Å². The Bertz CT molecular complexity index is 1010. The average Bonchev–Trinajstić information content (AvgIpc) is 3.13. The lowest BCUT2D eigenvalue weighted by Crippen LogP contribution is -2.53. The third-order valence-electron chi connectivity index (χ3n) is 5.55. The fraction of sp³-hybridized carbons (Fsp3) is 0.348. The lowest BCUT2D eigenvalue weighted by Gasteiger charge is -2.28. The summed E-state index contributed by atoms with van der Waals surface area (Å²) in [5.74, 6) is -2.74. The Kier molecular flexibility index (Phi) is 7.37. The second-order valence-corrected chi connectivity index (χ2v) is 7.82. The summed E-state index contributed by atoms with van der Waals surface area (Å²) in [5.41, 5.74) is -0.377. The summed E-state index contributed by atoms with van der Waals surface area (Å²) in [6.07, 6.45) is -6.48. The molecule has 2 amide bonds. The molecule has 0 spiro atoms. The summed E-state index contributed by atoms with van der Waals surface area (Å²) in [5, 5.41) is 21.8. The minimum atomic E-state index is -4.62. The van der Waals surface area contributed by atoms with Crippen molar-refractivity contribution >= 4 is 17.8 Å². The van der Waals surface area contributed by atoms with Crippen LogP contribution in [0.25, 0.3) is 0 Å². The normalized spacial score (nSPS) is 18.1. The van der Waals surface area contributed by atoms with Gasteiger partial charge in [0.2, 0.25) is 11.8 Å². The van der Waals surface area contributed by atoms with Gasteiger partial charge < -0.3 is 20.4 Å². The van der Waals surface area contributed by atoms with Gasteiger partial charge in [0.1, 0.15) is 6.04 Å². The lowest BCUT2D eigenvalue weighted by atomic mass is 10.0. The van der Waals surface area contributed by atoms with Crippen LogP contribution in [0.1, 0.15) is 29.5 Å². The molecule has 10 heteroatoms. The fourth-order valence-electron chi connectivity index (χ4n) is 3.88. The van der Waals surface area contributed by atoms with E-state index in [4.69, 9.17) is 0 Å². The number of alkyl halides is 3. The third-order valence-corrected chi connectivity index (χ3v) is 5.55. The first-order valence-corrected chi connectivity index (χ1v) is 10.3. The molecule has 33 heavy (non-hydrogen) atoms. The predicted molar refractivity (Wildman–Crippen MR) is 111 cm³/mol. The molecule has 3 atom stereocenters. The van der Waals surface area contributed by atoms with E-state index >= 15 is 0 Å². The Morgan fingerprint density at radius 3 is 2.36 bits per heavy atom. The van der Waals surface area contributed by atoms with Crippen LogP contribution in [-0.2, 0) is 33.5 Å². The molecule has 1 aliphatic heterocycles. The van der Waals surface area contributed by atoms with Crippen molar-refractivity contribution in [3.63, 3.8) is 0 Å². The van der Waals surface area contributed by atoms with E-state index in [1.807, 2.05) is 0 Å². The Balaban J connectivity index is 1.80. The quantitative estimate of drug-likeness (QED) is 0.556. The van der Waals surface area contributed by atoms with Crippen LogP contribution in [0.3, 0.4) is 0 Å². The molecule has 3 unspecified atom stereocenters. The number of amides is 2. The number of rotatable bonds is 8. The largest absolute Gasteiger partial charge is 0.479 e. The summed E-state index contributed by atoms with van der Waals surface area (Å²) in [6.45, 7) is -0.419.